The summed E-state index contributed by atoms with van der Waals surface area (Å²) in [5.41, 5.74) is 3.72. The summed E-state index contributed by atoms with van der Waals surface area (Å²) >= 11 is 3.49. The van der Waals surface area contributed by atoms with Gasteiger partial charge in [-0.15, -0.1) is 0 Å². The second-order valence-corrected chi connectivity index (χ2v) is 5.97. The van der Waals surface area contributed by atoms with Crippen molar-refractivity contribution in [2.45, 2.75) is 44.6 Å². The molecule has 0 atom stereocenters. The first-order chi connectivity index (χ1) is 9.74. The van der Waals surface area contributed by atoms with Gasteiger partial charge in [0.15, 0.2) is 0 Å². The fourth-order valence-electron chi connectivity index (χ4n) is 2.58. The Bertz CT molecular complexity index is 468. The van der Waals surface area contributed by atoms with Gasteiger partial charge in [0.05, 0.1) is 17.6 Å². The van der Waals surface area contributed by atoms with Crippen LogP contribution in [0.5, 0.6) is 5.75 Å². The van der Waals surface area contributed by atoms with Gasteiger partial charge in [0.2, 0.25) is 0 Å². The van der Waals surface area contributed by atoms with Gasteiger partial charge in [-0.3, -0.25) is 4.99 Å². The van der Waals surface area contributed by atoms with Crippen molar-refractivity contribution in [1.82, 2.24) is 5.43 Å². The second kappa shape index (κ2) is 7.64. The molecule has 0 bridgehead atoms. The summed E-state index contributed by atoms with van der Waals surface area (Å²) in [6, 6.07) is 6.25. The molecule has 0 aliphatic heterocycles. The molecule has 110 valence electrons. The number of halogens is 1. The molecule has 0 unspecified atom stereocenters. The minimum atomic E-state index is 0.379. The van der Waals surface area contributed by atoms with Crippen molar-refractivity contribution in [2.24, 2.45) is 10.8 Å². The summed E-state index contributed by atoms with van der Waals surface area (Å²) in [6.45, 7) is 0. The summed E-state index contributed by atoms with van der Waals surface area (Å²) < 4.78 is 6.15. The number of nitrogens with zero attached hydrogens (tertiary/aromatic N) is 1. The van der Waals surface area contributed by atoms with E-state index >= 15 is 0 Å². The number of hydrazine groups is 1. The molecule has 1 aromatic carbocycles. The van der Waals surface area contributed by atoms with E-state index in [0.29, 0.717) is 6.04 Å². The molecule has 0 spiro atoms. The van der Waals surface area contributed by atoms with Crippen LogP contribution in [0, 0.1) is 0 Å². The van der Waals surface area contributed by atoms with Crippen LogP contribution in [0.4, 0.5) is 0 Å². The van der Waals surface area contributed by atoms with Gasteiger partial charge in [0, 0.05) is 5.56 Å². The van der Waals surface area contributed by atoms with Gasteiger partial charge in [-0.05, 0) is 47.0 Å². The molecular formula is C15H22BrN3O. The predicted octanol–water partition coefficient (Wildman–Crippen LogP) is 3.39. The number of benzene rings is 1. The average Bonchev–Trinajstić information content (AvgIpc) is 2.73. The molecule has 2 rings (SSSR count). The molecular weight excluding hydrogens is 318 g/mol. The molecule has 3 N–H and O–H groups in total. The van der Waals surface area contributed by atoms with Crippen molar-refractivity contribution in [2.75, 3.05) is 7.11 Å². The predicted molar refractivity (Wildman–Crippen MR) is 86.0 cm³/mol. The van der Waals surface area contributed by atoms with E-state index in [2.05, 4.69) is 21.4 Å². The van der Waals surface area contributed by atoms with E-state index in [1.54, 1.807) is 7.11 Å². The number of ether oxygens (including phenoxy) is 1. The van der Waals surface area contributed by atoms with Crippen LogP contribution in [-0.4, -0.2) is 19.0 Å². The van der Waals surface area contributed by atoms with Crippen LogP contribution in [-0.2, 0) is 0 Å². The molecule has 0 saturated heterocycles. The Morgan fingerprint density at radius 2 is 2.00 bits per heavy atom. The highest BCUT2D eigenvalue weighted by molar-refractivity contribution is 9.10. The Morgan fingerprint density at radius 3 is 2.55 bits per heavy atom. The second-order valence-electron chi connectivity index (χ2n) is 5.12. The Hall–Kier alpha value is -1.07. The van der Waals surface area contributed by atoms with E-state index in [4.69, 9.17) is 15.6 Å². The largest absolute Gasteiger partial charge is 0.496 e. The van der Waals surface area contributed by atoms with Crippen LogP contribution in [0.3, 0.4) is 0 Å². The first-order valence-electron chi connectivity index (χ1n) is 7.13. The third-order valence-electron chi connectivity index (χ3n) is 3.70. The molecule has 0 aromatic heterocycles. The van der Waals surface area contributed by atoms with Crippen molar-refractivity contribution in [1.29, 1.82) is 0 Å². The van der Waals surface area contributed by atoms with Crippen LogP contribution >= 0.6 is 15.9 Å². The lowest BCUT2D eigenvalue weighted by atomic mass is 10.1. The number of hydrogen-bond donors (Lipinski definition) is 2. The smallest absolute Gasteiger partial charge is 0.142 e. The molecule has 4 nitrogen and oxygen atoms in total. The van der Waals surface area contributed by atoms with Crippen LogP contribution in [0.25, 0.3) is 0 Å². The summed E-state index contributed by atoms with van der Waals surface area (Å²) in [5, 5.41) is 0. The fourth-order valence-corrected chi connectivity index (χ4v) is 3.12. The average molecular weight is 340 g/mol. The van der Waals surface area contributed by atoms with Gasteiger partial charge in [0.25, 0.3) is 0 Å². The van der Waals surface area contributed by atoms with E-state index < -0.39 is 0 Å². The number of hydrogen-bond acceptors (Lipinski definition) is 3. The van der Waals surface area contributed by atoms with Crippen molar-refractivity contribution in [3.8, 4) is 5.75 Å². The summed E-state index contributed by atoms with van der Waals surface area (Å²) in [4.78, 5) is 4.80. The van der Waals surface area contributed by atoms with Gasteiger partial charge >= 0.3 is 0 Å². The fraction of sp³-hybridized carbons (Fsp3) is 0.533. The maximum Gasteiger partial charge on any atom is 0.142 e. The van der Waals surface area contributed by atoms with Gasteiger partial charge in [-0.1, -0.05) is 25.7 Å². The summed E-state index contributed by atoms with van der Waals surface area (Å²) in [6.07, 6.45) is 7.48. The normalized spacial score (nSPS) is 17.6. The quantitative estimate of drug-likeness (QED) is 0.292. The maximum absolute atomic E-state index is 5.65. The first kappa shape index (κ1) is 15.3. The Labute approximate surface area is 128 Å². The molecule has 1 saturated carbocycles. The van der Waals surface area contributed by atoms with Gasteiger partial charge in [0.1, 0.15) is 11.6 Å². The standard InChI is InChI=1S/C15H22BrN3O/c1-20-14-9-8-11(10-13(14)16)15(19-17)18-12-6-4-2-3-5-7-12/h8-10,12H,2-7,17H2,1H3,(H,18,19). The summed E-state index contributed by atoms with van der Waals surface area (Å²) in [5.74, 6) is 7.21. The molecule has 0 radical (unpaired) electrons. The maximum atomic E-state index is 5.65. The van der Waals surface area contributed by atoms with Crippen molar-refractivity contribution >= 4 is 21.8 Å². The van der Waals surface area contributed by atoms with Gasteiger partial charge in [-0.25, -0.2) is 5.84 Å². The molecule has 1 aromatic rings. The summed E-state index contributed by atoms with van der Waals surface area (Å²) in [7, 11) is 1.65. The number of rotatable bonds is 3. The first-order valence-corrected chi connectivity index (χ1v) is 7.92. The van der Waals surface area contributed by atoms with Crippen molar-refractivity contribution in [3.05, 3.63) is 28.2 Å². The van der Waals surface area contributed by atoms with E-state index in [-0.39, 0.29) is 0 Å². The van der Waals surface area contributed by atoms with E-state index in [1.165, 1.54) is 25.7 Å². The zero-order chi connectivity index (χ0) is 14.4. The lowest BCUT2D eigenvalue weighted by molar-refractivity contribution is 0.412. The highest BCUT2D eigenvalue weighted by atomic mass is 79.9. The lowest BCUT2D eigenvalue weighted by Crippen LogP contribution is -2.32. The molecule has 1 aliphatic carbocycles. The topological polar surface area (TPSA) is 59.6 Å². The number of aliphatic imine (C=N–C) groups is 1. The molecule has 0 amide bonds. The highest BCUT2D eigenvalue weighted by Crippen LogP contribution is 2.26. The lowest BCUT2D eigenvalue weighted by Gasteiger charge is -2.13. The molecule has 0 heterocycles. The van der Waals surface area contributed by atoms with Crippen LogP contribution in [0.2, 0.25) is 0 Å². The highest BCUT2D eigenvalue weighted by Gasteiger charge is 2.13. The number of amidine groups is 1. The third kappa shape index (κ3) is 3.96. The van der Waals surface area contributed by atoms with Crippen LogP contribution < -0.4 is 16.0 Å². The Kier molecular flexibility index (Phi) is 5.86. The molecule has 1 aliphatic rings. The van der Waals surface area contributed by atoms with Gasteiger partial charge < -0.3 is 10.2 Å². The SMILES string of the molecule is COc1ccc(C(=NC2CCCCCC2)NN)cc1Br. The van der Waals surface area contributed by atoms with Crippen molar-refractivity contribution < 1.29 is 4.74 Å². The Morgan fingerprint density at radius 1 is 1.30 bits per heavy atom. The minimum Gasteiger partial charge on any atom is -0.496 e. The monoisotopic (exact) mass is 339 g/mol. The van der Waals surface area contributed by atoms with E-state index in [0.717, 1.165) is 34.5 Å². The van der Waals surface area contributed by atoms with Crippen molar-refractivity contribution in [3.63, 3.8) is 0 Å². The molecule has 5 heteroatoms. The molecule has 20 heavy (non-hydrogen) atoms. The van der Waals surface area contributed by atoms with E-state index in [1.807, 2.05) is 18.2 Å². The molecule has 1 fully saturated rings. The van der Waals surface area contributed by atoms with Crippen LogP contribution in [0.1, 0.15) is 44.1 Å². The third-order valence-corrected chi connectivity index (χ3v) is 4.32. The van der Waals surface area contributed by atoms with Crippen LogP contribution in [0.15, 0.2) is 27.7 Å². The minimum absolute atomic E-state index is 0.379. The number of nitrogens with one attached hydrogen (secondary N) is 1. The Balaban J connectivity index is 2.19. The number of methoxy groups -OCH3 is 1. The van der Waals surface area contributed by atoms with E-state index in [9.17, 15) is 0 Å². The zero-order valence-corrected chi connectivity index (χ0v) is 13.4. The van der Waals surface area contributed by atoms with Gasteiger partial charge in [-0.2, -0.15) is 0 Å². The zero-order valence-electron chi connectivity index (χ0n) is 11.9. The number of nitrogens with two attached hydrogens (primary N) is 1.